The number of carbonyl (C=O) groups is 2. The molecule has 3 aromatic rings. The van der Waals surface area contributed by atoms with Gasteiger partial charge in [0.15, 0.2) is 0 Å². The topological polar surface area (TPSA) is 43.9 Å². The molecule has 2 amide bonds. The summed E-state index contributed by atoms with van der Waals surface area (Å²) in [5.74, 6) is 0.325. The van der Waals surface area contributed by atoms with Crippen LogP contribution in [-0.2, 0) is 4.79 Å². The van der Waals surface area contributed by atoms with Crippen molar-refractivity contribution in [1.29, 1.82) is 0 Å². The monoisotopic (exact) mass is 515 g/mol. The largest absolute Gasteiger partial charge is 0.343 e. The second-order valence-electron chi connectivity index (χ2n) is 10.7. The van der Waals surface area contributed by atoms with Crippen LogP contribution in [0, 0.1) is 17.7 Å². The summed E-state index contributed by atoms with van der Waals surface area (Å²) in [6.45, 7) is 9.16. The number of fused-ring (bicyclic) bond motifs is 1. The van der Waals surface area contributed by atoms with Crippen LogP contribution in [0.3, 0.4) is 0 Å². The minimum Gasteiger partial charge on any atom is -0.343 e. The third kappa shape index (κ3) is 5.46. The Balaban J connectivity index is 1.31. The average molecular weight is 516 g/mol. The summed E-state index contributed by atoms with van der Waals surface area (Å²) in [7, 11) is 0. The van der Waals surface area contributed by atoms with Gasteiger partial charge in [-0.15, -0.1) is 0 Å². The van der Waals surface area contributed by atoms with E-state index >= 15 is 0 Å². The van der Waals surface area contributed by atoms with E-state index in [0.29, 0.717) is 37.7 Å². The van der Waals surface area contributed by atoms with Crippen LogP contribution in [0.25, 0.3) is 10.8 Å². The number of likely N-dealkylation sites (tertiary alicyclic amines) is 2. The Bertz CT molecular complexity index is 1260. The molecule has 3 aromatic carbocycles. The van der Waals surface area contributed by atoms with Gasteiger partial charge in [-0.3, -0.25) is 9.59 Å². The molecule has 2 aliphatic heterocycles. The summed E-state index contributed by atoms with van der Waals surface area (Å²) in [4.78, 5) is 33.6. The summed E-state index contributed by atoms with van der Waals surface area (Å²) in [5, 5.41) is 2.01. The Morgan fingerprint density at radius 1 is 0.895 bits per heavy atom. The van der Waals surface area contributed by atoms with E-state index in [-0.39, 0.29) is 29.5 Å². The van der Waals surface area contributed by atoms with E-state index in [1.54, 1.807) is 12.1 Å². The zero-order valence-corrected chi connectivity index (χ0v) is 22.5. The Kier molecular flexibility index (Phi) is 8.08. The average Bonchev–Trinajstić information content (AvgIpc) is 3.37. The molecule has 0 radical (unpaired) electrons. The minimum absolute atomic E-state index is 0.0108. The van der Waals surface area contributed by atoms with E-state index in [1.807, 2.05) is 78.2 Å². The third-order valence-electron chi connectivity index (χ3n) is 8.56. The predicted molar refractivity (Wildman–Crippen MR) is 150 cm³/mol. The lowest BCUT2D eigenvalue weighted by Crippen LogP contribution is -2.43. The van der Waals surface area contributed by atoms with Crippen molar-refractivity contribution in [2.24, 2.45) is 11.8 Å². The van der Waals surface area contributed by atoms with Gasteiger partial charge < -0.3 is 14.7 Å². The summed E-state index contributed by atoms with van der Waals surface area (Å²) in [6, 6.07) is 20.8. The van der Waals surface area contributed by atoms with Gasteiger partial charge in [-0.25, -0.2) is 4.39 Å². The number of hydrogen-bond acceptors (Lipinski definition) is 3. The van der Waals surface area contributed by atoms with E-state index in [2.05, 4.69) is 4.90 Å². The van der Waals surface area contributed by atoms with Gasteiger partial charge in [0.25, 0.3) is 5.91 Å². The molecule has 0 saturated carbocycles. The highest BCUT2D eigenvalue weighted by atomic mass is 19.1. The molecule has 2 saturated heterocycles. The van der Waals surface area contributed by atoms with Crippen LogP contribution >= 0.6 is 0 Å². The van der Waals surface area contributed by atoms with E-state index < -0.39 is 0 Å². The van der Waals surface area contributed by atoms with Crippen molar-refractivity contribution in [3.05, 3.63) is 83.7 Å². The van der Waals surface area contributed by atoms with Crippen molar-refractivity contribution in [3.63, 3.8) is 0 Å². The third-order valence-corrected chi connectivity index (χ3v) is 8.56. The lowest BCUT2D eigenvalue weighted by Gasteiger charge is -2.35. The van der Waals surface area contributed by atoms with E-state index in [9.17, 15) is 14.0 Å². The van der Waals surface area contributed by atoms with Crippen LogP contribution in [0.2, 0.25) is 0 Å². The molecule has 38 heavy (non-hydrogen) atoms. The normalized spacial score (nSPS) is 20.7. The second-order valence-corrected chi connectivity index (χ2v) is 10.7. The standard InChI is InChI=1S/C32H38FN3O2/c1-3-35(4-2)32(38)30-22-36(31(37)29-11-7-9-25-8-5-6-10-28(25)29)21-26(30)20-34-18-16-24(17-19-34)23-12-14-27(33)15-13-23/h5-15,24,26,30H,3-4,16-22H2,1-2H3. The molecule has 5 nitrogen and oxygen atoms in total. The summed E-state index contributed by atoms with van der Waals surface area (Å²) >= 11 is 0. The van der Waals surface area contributed by atoms with E-state index in [1.165, 1.54) is 5.56 Å². The van der Waals surface area contributed by atoms with Crippen molar-refractivity contribution in [2.75, 3.05) is 45.8 Å². The first kappa shape index (κ1) is 26.4. The molecule has 0 aliphatic carbocycles. The second kappa shape index (κ2) is 11.6. The molecule has 2 aliphatic rings. The van der Waals surface area contributed by atoms with Gasteiger partial charge >= 0.3 is 0 Å². The molecular formula is C32H38FN3O2. The predicted octanol–water partition coefficient (Wildman–Crippen LogP) is 5.42. The molecule has 0 bridgehead atoms. The highest BCUT2D eigenvalue weighted by Gasteiger charge is 2.42. The number of piperidine rings is 1. The molecule has 0 N–H and O–H groups in total. The number of benzene rings is 3. The van der Waals surface area contributed by atoms with Crippen LogP contribution in [0.1, 0.15) is 48.5 Å². The Labute approximate surface area is 225 Å². The van der Waals surface area contributed by atoms with Gasteiger partial charge in [-0.1, -0.05) is 48.5 Å². The van der Waals surface area contributed by atoms with Crippen molar-refractivity contribution in [3.8, 4) is 0 Å². The SMILES string of the molecule is CCN(CC)C(=O)C1CN(C(=O)c2cccc3ccccc23)CC1CN1CCC(c2ccc(F)cc2)CC1. The summed E-state index contributed by atoms with van der Waals surface area (Å²) < 4.78 is 13.4. The molecular weight excluding hydrogens is 477 g/mol. The van der Waals surface area contributed by atoms with Gasteiger partial charge in [0.2, 0.25) is 5.91 Å². The lowest BCUT2D eigenvalue weighted by atomic mass is 9.88. The minimum atomic E-state index is -0.195. The van der Waals surface area contributed by atoms with Gasteiger partial charge in [-0.05, 0) is 80.2 Å². The molecule has 2 heterocycles. The molecule has 6 heteroatoms. The first-order valence-electron chi connectivity index (χ1n) is 14.0. The number of hydrogen-bond donors (Lipinski definition) is 0. The molecule has 0 aromatic heterocycles. The van der Waals surface area contributed by atoms with Gasteiger partial charge in [-0.2, -0.15) is 0 Å². The van der Waals surface area contributed by atoms with Crippen molar-refractivity contribution in [1.82, 2.24) is 14.7 Å². The van der Waals surface area contributed by atoms with Crippen molar-refractivity contribution >= 4 is 22.6 Å². The van der Waals surface area contributed by atoms with Crippen LogP contribution in [0.15, 0.2) is 66.7 Å². The fourth-order valence-electron chi connectivity index (χ4n) is 6.37. The summed E-state index contributed by atoms with van der Waals surface area (Å²) in [6.07, 6.45) is 2.04. The van der Waals surface area contributed by atoms with Gasteiger partial charge in [0, 0.05) is 44.2 Å². The number of amides is 2. The van der Waals surface area contributed by atoms with Crippen LogP contribution in [0.5, 0.6) is 0 Å². The van der Waals surface area contributed by atoms with Gasteiger partial charge in [0.1, 0.15) is 5.82 Å². The number of rotatable bonds is 7. The molecule has 5 rings (SSSR count). The first-order chi connectivity index (χ1) is 18.5. The molecule has 2 unspecified atom stereocenters. The molecule has 0 spiro atoms. The smallest absolute Gasteiger partial charge is 0.254 e. The number of nitrogens with zero attached hydrogens (tertiary/aromatic N) is 3. The zero-order chi connectivity index (χ0) is 26.6. The van der Waals surface area contributed by atoms with Crippen LogP contribution in [-0.4, -0.2) is 72.3 Å². The zero-order valence-electron chi connectivity index (χ0n) is 22.5. The highest BCUT2D eigenvalue weighted by Crippen LogP contribution is 2.33. The van der Waals surface area contributed by atoms with Crippen LogP contribution < -0.4 is 0 Å². The quantitative estimate of drug-likeness (QED) is 0.422. The van der Waals surface area contributed by atoms with Gasteiger partial charge in [0.05, 0.1) is 5.92 Å². The van der Waals surface area contributed by atoms with Crippen LogP contribution in [0.4, 0.5) is 4.39 Å². The Hall–Kier alpha value is -3.25. The summed E-state index contributed by atoms with van der Waals surface area (Å²) in [5.41, 5.74) is 1.91. The highest BCUT2D eigenvalue weighted by molar-refractivity contribution is 6.07. The molecule has 2 atom stereocenters. The van der Waals surface area contributed by atoms with E-state index in [4.69, 9.17) is 0 Å². The Morgan fingerprint density at radius 3 is 2.29 bits per heavy atom. The fraction of sp³-hybridized carbons (Fsp3) is 0.438. The maximum atomic E-state index is 13.8. The first-order valence-corrected chi connectivity index (χ1v) is 14.0. The van der Waals surface area contributed by atoms with Crippen molar-refractivity contribution in [2.45, 2.75) is 32.6 Å². The lowest BCUT2D eigenvalue weighted by molar-refractivity contribution is -0.136. The maximum Gasteiger partial charge on any atom is 0.254 e. The molecule has 2 fully saturated rings. The molecule has 200 valence electrons. The van der Waals surface area contributed by atoms with Crippen molar-refractivity contribution < 1.29 is 14.0 Å². The fourth-order valence-corrected chi connectivity index (χ4v) is 6.37. The number of carbonyl (C=O) groups excluding carboxylic acids is 2. The maximum absolute atomic E-state index is 13.8. The Morgan fingerprint density at radius 2 is 1.58 bits per heavy atom. The van der Waals surface area contributed by atoms with E-state index in [0.717, 1.165) is 43.2 Å². The number of halogens is 1.